The Bertz CT molecular complexity index is 1570. The number of rotatable bonds is 5. The van der Waals surface area contributed by atoms with Gasteiger partial charge in [0, 0.05) is 29.3 Å². The molecule has 1 unspecified atom stereocenters. The van der Waals surface area contributed by atoms with Crippen molar-refractivity contribution in [1.82, 2.24) is 9.97 Å². The Kier molecular flexibility index (Phi) is 5.44. The van der Waals surface area contributed by atoms with E-state index in [2.05, 4.69) is 15.3 Å². The van der Waals surface area contributed by atoms with E-state index in [0.29, 0.717) is 0 Å². The second-order valence-electron chi connectivity index (χ2n) is 9.68. The van der Waals surface area contributed by atoms with Crippen LogP contribution in [-0.2, 0) is 4.79 Å². The van der Waals surface area contributed by atoms with Gasteiger partial charge in [-0.3, -0.25) is 4.79 Å². The van der Waals surface area contributed by atoms with Crippen LogP contribution in [0.2, 0.25) is 0 Å². The number of halogens is 3. The number of nitriles is 1. The zero-order valence-corrected chi connectivity index (χ0v) is 19.4. The monoisotopic (exact) mass is 506 g/mol. The molecule has 0 radical (unpaired) electrons. The van der Waals surface area contributed by atoms with E-state index in [9.17, 15) is 23.9 Å². The van der Waals surface area contributed by atoms with Crippen molar-refractivity contribution in [2.45, 2.75) is 31.7 Å². The van der Waals surface area contributed by atoms with Gasteiger partial charge in [-0.05, 0) is 55.7 Å². The number of nitrogens with zero attached hydrogens (tertiary/aromatic N) is 2. The van der Waals surface area contributed by atoms with E-state index in [4.69, 9.17) is 4.42 Å². The molecule has 0 spiro atoms. The minimum absolute atomic E-state index is 0.0102. The molecule has 0 saturated heterocycles. The number of anilines is 1. The first-order valence-electron chi connectivity index (χ1n) is 12.0. The van der Waals surface area contributed by atoms with Gasteiger partial charge < -0.3 is 19.8 Å². The third-order valence-electron chi connectivity index (χ3n) is 7.79. The molecule has 3 aliphatic carbocycles. The van der Waals surface area contributed by atoms with Crippen LogP contribution < -0.4 is 5.32 Å². The van der Waals surface area contributed by atoms with Gasteiger partial charge in [0.25, 0.3) is 0 Å². The highest BCUT2D eigenvalue weighted by Gasteiger charge is 2.47. The van der Waals surface area contributed by atoms with Crippen LogP contribution in [0.5, 0.6) is 0 Å². The first-order chi connectivity index (χ1) is 17.9. The van der Waals surface area contributed by atoms with Gasteiger partial charge in [0.1, 0.15) is 23.5 Å². The number of carboxylic acids is 1. The third kappa shape index (κ3) is 3.65. The summed E-state index contributed by atoms with van der Waals surface area (Å²) in [5, 5.41) is 23.2. The number of nitrogens with one attached hydrogen (secondary N) is 2. The minimum Gasteiger partial charge on any atom is -0.481 e. The predicted octanol–water partition coefficient (Wildman–Crippen LogP) is 6.08. The first kappa shape index (κ1) is 23.2. The molecule has 3 N–H and O–H groups in total. The SMILES string of the molecule is N#Cc1c(-c2c[nH]c3c(F)cc(F)cc23)nc(NC2C3CCC(CC3)[C@H]2C(=O)O)c(F)c1-c1ccco1. The Morgan fingerprint density at radius 3 is 2.62 bits per heavy atom. The summed E-state index contributed by atoms with van der Waals surface area (Å²) in [5.74, 6) is -4.34. The summed E-state index contributed by atoms with van der Waals surface area (Å²) in [7, 11) is 0. The fraction of sp³-hybridized carbons (Fsp3) is 0.296. The van der Waals surface area contributed by atoms with Gasteiger partial charge in [0.05, 0.1) is 34.5 Å². The average molecular weight is 506 g/mol. The molecule has 2 atom stereocenters. The number of pyridine rings is 1. The highest BCUT2D eigenvalue weighted by atomic mass is 19.1. The number of carbonyl (C=O) groups is 1. The second-order valence-corrected chi connectivity index (χ2v) is 9.68. The molecular formula is C27H21F3N4O3. The van der Waals surface area contributed by atoms with Gasteiger partial charge in [0.15, 0.2) is 11.6 Å². The van der Waals surface area contributed by atoms with E-state index in [1.54, 1.807) is 6.07 Å². The predicted molar refractivity (Wildman–Crippen MR) is 128 cm³/mol. The van der Waals surface area contributed by atoms with Crippen molar-refractivity contribution in [2.75, 3.05) is 5.32 Å². The number of hydrogen-bond donors (Lipinski definition) is 3. The molecule has 7 nitrogen and oxygen atoms in total. The van der Waals surface area contributed by atoms with Crippen LogP contribution in [0, 0.1) is 46.5 Å². The topological polar surface area (TPSA) is 115 Å². The Labute approximate surface area is 208 Å². The first-order valence-corrected chi connectivity index (χ1v) is 12.0. The zero-order valence-electron chi connectivity index (χ0n) is 19.4. The molecule has 4 aromatic rings. The van der Waals surface area contributed by atoms with Crippen molar-refractivity contribution >= 4 is 22.7 Å². The van der Waals surface area contributed by atoms with E-state index in [-0.39, 0.29) is 56.7 Å². The van der Waals surface area contributed by atoms with Gasteiger partial charge in [-0.1, -0.05) is 0 Å². The summed E-state index contributed by atoms with van der Waals surface area (Å²) in [6.45, 7) is 0. The summed E-state index contributed by atoms with van der Waals surface area (Å²) in [6, 6.07) is 6.29. The standard InChI is InChI=1S/C27H21F3N4O3/c28-14-8-15-17(11-32-25(15)18(29)9-14)24-16(10-31)21(19-2-1-7-37-19)22(30)26(34-24)33-23-13-5-3-12(4-6-13)20(23)27(35)36/h1-2,7-9,11-13,20,23,32H,3-6H2,(H,33,34)(H,35,36)/t12?,13?,20-,23?/m1/s1. The average Bonchev–Trinajstić information content (AvgIpc) is 3.56. The lowest BCUT2D eigenvalue weighted by atomic mass is 9.61. The highest BCUT2D eigenvalue weighted by Crippen LogP contribution is 2.47. The maximum Gasteiger partial charge on any atom is 0.308 e. The van der Waals surface area contributed by atoms with Crippen molar-refractivity contribution in [2.24, 2.45) is 17.8 Å². The molecule has 1 aromatic carbocycles. The summed E-state index contributed by atoms with van der Waals surface area (Å²) in [5.41, 5.74) is -0.152. The maximum absolute atomic E-state index is 16.1. The molecule has 0 amide bonds. The summed E-state index contributed by atoms with van der Waals surface area (Å²) < 4.78 is 50.0. The van der Waals surface area contributed by atoms with E-state index in [0.717, 1.165) is 37.8 Å². The van der Waals surface area contributed by atoms with Gasteiger partial charge in [-0.2, -0.15) is 5.26 Å². The number of fused-ring (bicyclic) bond motifs is 4. The van der Waals surface area contributed by atoms with Crippen molar-refractivity contribution in [3.63, 3.8) is 0 Å². The number of furan rings is 1. The van der Waals surface area contributed by atoms with Crippen LogP contribution in [0.15, 0.2) is 41.1 Å². The Morgan fingerprint density at radius 1 is 1.19 bits per heavy atom. The molecule has 3 aromatic heterocycles. The molecule has 7 rings (SSSR count). The van der Waals surface area contributed by atoms with Crippen LogP contribution in [0.4, 0.5) is 19.0 Å². The van der Waals surface area contributed by atoms with E-state index in [1.165, 1.54) is 18.5 Å². The quantitative estimate of drug-likeness (QED) is 0.302. The van der Waals surface area contributed by atoms with Crippen LogP contribution in [0.1, 0.15) is 31.2 Å². The van der Waals surface area contributed by atoms with Crippen LogP contribution >= 0.6 is 0 Å². The second kappa shape index (κ2) is 8.69. The molecule has 3 aliphatic rings. The minimum atomic E-state index is -0.949. The van der Waals surface area contributed by atoms with Gasteiger partial charge in [-0.25, -0.2) is 18.2 Å². The lowest BCUT2D eigenvalue weighted by Crippen LogP contribution is -2.51. The lowest BCUT2D eigenvalue weighted by Gasteiger charge is -2.47. The van der Waals surface area contributed by atoms with Crippen LogP contribution in [0.25, 0.3) is 33.5 Å². The van der Waals surface area contributed by atoms with Crippen molar-refractivity contribution in [3.8, 4) is 28.7 Å². The van der Waals surface area contributed by atoms with Gasteiger partial charge in [0.2, 0.25) is 0 Å². The summed E-state index contributed by atoms with van der Waals surface area (Å²) in [6.07, 6.45) is 5.97. The molecule has 0 aliphatic heterocycles. The Balaban J connectivity index is 1.57. The van der Waals surface area contributed by atoms with Gasteiger partial charge >= 0.3 is 5.97 Å². The molecular weight excluding hydrogens is 485 g/mol. The van der Waals surface area contributed by atoms with E-state index in [1.807, 2.05) is 6.07 Å². The fourth-order valence-corrected chi connectivity index (χ4v) is 6.14. The Morgan fingerprint density at radius 2 is 1.95 bits per heavy atom. The fourth-order valence-electron chi connectivity index (χ4n) is 6.14. The van der Waals surface area contributed by atoms with Crippen molar-refractivity contribution < 1.29 is 27.5 Å². The largest absolute Gasteiger partial charge is 0.481 e. The number of carboxylic acid groups (broad SMARTS) is 1. The van der Waals surface area contributed by atoms with Gasteiger partial charge in [-0.15, -0.1) is 0 Å². The zero-order chi connectivity index (χ0) is 25.8. The molecule has 2 bridgehead atoms. The number of aromatic amines is 1. The normalized spacial score (nSPS) is 22.8. The maximum atomic E-state index is 16.1. The molecule has 3 saturated carbocycles. The van der Waals surface area contributed by atoms with Crippen molar-refractivity contribution in [1.29, 1.82) is 5.26 Å². The molecule has 37 heavy (non-hydrogen) atoms. The third-order valence-corrected chi connectivity index (χ3v) is 7.79. The summed E-state index contributed by atoms with van der Waals surface area (Å²) >= 11 is 0. The summed E-state index contributed by atoms with van der Waals surface area (Å²) in [4.78, 5) is 19.3. The highest BCUT2D eigenvalue weighted by molar-refractivity contribution is 5.98. The molecule has 3 heterocycles. The smallest absolute Gasteiger partial charge is 0.308 e. The lowest BCUT2D eigenvalue weighted by molar-refractivity contribution is -0.148. The van der Waals surface area contributed by atoms with E-state index < -0.39 is 35.4 Å². The number of H-pyrrole nitrogens is 1. The number of aliphatic carboxylic acids is 1. The molecule has 10 heteroatoms. The number of hydrogen-bond acceptors (Lipinski definition) is 5. The van der Waals surface area contributed by atoms with E-state index >= 15 is 4.39 Å². The molecule has 3 fully saturated rings. The van der Waals surface area contributed by atoms with Crippen LogP contribution in [0.3, 0.4) is 0 Å². The van der Waals surface area contributed by atoms with Crippen LogP contribution in [-0.4, -0.2) is 27.1 Å². The number of benzene rings is 1. The molecule has 188 valence electrons. The van der Waals surface area contributed by atoms with Crippen molar-refractivity contribution in [3.05, 3.63) is 59.7 Å². The Hall–Kier alpha value is -4.26. The number of aromatic nitrogens is 2.